The number of hydrogen-bond acceptors (Lipinski definition) is 6. The maximum atomic E-state index is 11.3. The van der Waals surface area contributed by atoms with E-state index in [1.807, 2.05) is 24.4 Å². The van der Waals surface area contributed by atoms with Gasteiger partial charge in [0.25, 0.3) is 0 Å². The Morgan fingerprint density at radius 1 is 1.50 bits per heavy atom. The van der Waals surface area contributed by atoms with Gasteiger partial charge in [-0.2, -0.15) is 0 Å². The van der Waals surface area contributed by atoms with Gasteiger partial charge in [-0.05, 0) is 24.4 Å². The molecule has 0 aliphatic heterocycles. The van der Waals surface area contributed by atoms with Gasteiger partial charge in [0.15, 0.2) is 0 Å². The number of hydrogen-bond donors (Lipinski definition) is 1. The van der Waals surface area contributed by atoms with Gasteiger partial charge in [-0.3, -0.25) is 0 Å². The van der Waals surface area contributed by atoms with Crippen LogP contribution in [0, 0.1) is 0 Å². The van der Waals surface area contributed by atoms with Crippen LogP contribution in [0.4, 0.5) is 5.82 Å². The van der Waals surface area contributed by atoms with Gasteiger partial charge in [0.05, 0.1) is 13.2 Å². The number of rotatable bonds is 4. The van der Waals surface area contributed by atoms with Gasteiger partial charge in [-0.1, -0.05) is 6.07 Å². The maximum absolute atomic E-state index is 11.3. The lowest BCUT2D eigenvalue weighted by Crippen LogP contribution is -2.11. The average Bonchev–Trinajstić information content (AvgIpc) is 2.92. The minimum absolute atomic E-state index is 0.0564. The number of nitrogens with one attached hydrogen (secondary N) is 1. The van der Waals surface area contributed by atoms with E-state index in [-0.39, 0.29) is 11.9 Å². The summed E-state index contributed by atoms with van der Waals surface area (Å²) < 4.78 is 4.58. The molecule has 1 atom stereocenters. The van der Waals surface area contributed by atoms with Crippen LogP contribution in [0.1, 0.15) is 28.5 Å². The van der Waals surface area contributed by atoms with E-state index < -0.39 is 5.97 Å². The molecule has 2 rings (SSSR count). The van der Waals surface area contributed by atoms with Crippen LogP contribution in [-0.4, -0.2) is 23.0 Å². The van der Waals surface area contributed by atoms with E-state index in [0.717, 1.165) is 0 Å². The monoisotopic (exact) mass is 263 g/mol. The first kappa shape index (κ1) is 12.5. The predicted octanol–water partition coefficient (Wildman–Crippen LogP) is 2.50. The Morgan fingerprint density at radius 2 is 2.33 bits per heavy atom. The Kier molecular flexibility index (Phi) is 3.88. The SMILES string of the molecule is COC(=O)c1nccc(NC(C)c2cccs2)n1. The van der Waals surface area contributed by atoms with Gasteiger partial charge in [-0.25, -0.2) is 14.8 Å². The fourth-order valence-electron chi connectivity index (χ4n) is 1.46. The zero-order chi connectivity index (χ0) is 13.0. The van der Waals surface area contributed by atoms with Crippen molar-refractivity contribution in [1.29, 1.82) is 0 Å². The number of esters is 1. The van der Waals surface area contributed by atoms with E-state index in [0.29, 0.717) is 5.82 Å². The van der Waals surface area contributed by atoms with Crippen molar-refractivity contribution in [2.75, 3.05) is 12.4 Å². The van der Waals surface area contributed by atoms with Crippen LogP contribution in [-0.2, 0) is 4.74 Å². The van der Waals surface area contributed by atoms with E-state index in [1.54, 1.807) is 17.4 Å². The number of nitrogens with zero attached hydrogens (tertiary/aromatic N) is 2. The molecule has 0 aliphatic carbocycles. The molecular weight excluding hydrogens is 250 g/mol. The average molecular weight is 263 g/mol. The summed E-state index contributed by atoms with van der Waals surface area (Å²) in [6, 6.07) is 5.89. The second-order valence-corrected chi connectivity index (χ2v) is 4.62. The normalized spacial score (nSPS) is 11.9. The van der Waals surface area contributed by atoms with Crippen molar-refractivity contribution in [3.63, 3.8) is 0 Å². The zero-order valence-electron chi connectivity index (χ0n) is 10.1. The van der Waals surface area contributed by atoms with Gasteiger partial charge in [-0.15, -0.1) is 11.3 Å². The molecule has 0 aromatic carbocycles. The van der Waals surface area contributed by atoms with E-state index in [1.165, 1.54) is 18.2 Å². The Bertz CT molecular complexity index is 528. The molecule has 1 N–H and O–H groups in total. The molecule has 2 aromatic rings. The molecule has 0 amide bonds. The highest BCUT2D eigenvalue weighted by Gasteiger charge is 2.11. The third kappa shape index (κ3) is 2.84. The van der Waals surface area contributed by atoms with Crippen LogP contribution < -0.4 is 5.32 Å². The number of anilines is 1. The number of thiophene rings is 1. The number of carbonyl (C=O) groups excluding carboxylic acids is 1. The molecule has 1 unspecified atom stereocenters. The molecule has 0 saturated heterocycles. The van der Waals surface area contributed by atoms with Crippen LogP contribution in [0.25, 0.3) is 0 Å². The highest BCUT2D eigenvalue weighted by atomic mass is 32.1. The number of carbonyl (C=O) groups is 1. The maximum Gasteiger partial charge on any atom is 0.376 e. The van der Waals surface area contributed by atoms with Crippen molar-refractivity contribution >= 4 is 23.1 Å². The lowest BCUT2D eigenvalue weighted by Gasteiger charge is -2.12. The van der Waals surface area contributed by atoms with Gasteiger partial charge in [0.2, 0.25) is 5.82 Å². The van der Waals surface area contributed by atoms with Crippen LogP contribution in [0.3, 0.4) is 0 Å². The van der Waals surface area contributed by atoms with E-state index in [4.69, 9.17) is 0 Å². The molecule has 0 radical (unpaired) electrons. The quantitative estimate of drug-likeness (QED) is 0.859. The van der Waals surface area contributed by atoms with Gasteiger partial charge < -0.3 is 10.1 Å². The second-order valence-electron chi connectivity index (χ2n) is 3.64. The fourth-order valence-corrected chi connectivity index (χ4v) is 2.19. The Labute approximate surface area is 109 Å². The molecule has 6 heteroatoms. The molecule has 2 aromatic heterocycles. The third-order valence-electron chi connectivity index (χ3n) is 2.36. The number of methoxy groups -OCH3 is 1. The van der Waals surface area contributed by atoms with Crippen molar-refractivity contribution in [2.24, 2.45) is 0 Å². The minimum Gasteiger partial charge on any atom is -0.463 e. The summed E-state index contributed by atoms with van der Waals surface area (Å²) in [7, 11) is 1.31. The van der Waals surface area contributed by atoms with Crippen LogP contribution in [0.2, 0.25) is 0 Å². The van der Waals surface area contributed by atoms with Crippen LogP contribution in [0.15, 0.2) is 29.8 Å². The summed E-state index contributed by atoms with van der Waals surface area (Å²) in [5.41, 5.74) is 0. The van der Waals surface area contributed by atoms with Crippen molar-refractivity contribution < 1.29 is 9.53 Å². The van der Waals surface area contributed by atoms with Crippen LogP contribution in [0.5, 0.6) is 0 Å². The van der Waals surface area contributed by atoms with Gasteiger partial charge in [0, 0.05) is 11.1 Å². The summed E-state index contributed by atoms with van der Waals surface area (Å²) >= 11 is 1.67. The standard InChI is InChI=1S/C12H13N3O2S/c1-8(9-4-3-7-18-9)14-10-5-6-13-11(15-10)12(16)17-2/h3-8H,1-2H3,(H,13,14,15). The Balaban J connectivity index is 2.12. The molecule has 0 fully saturated rings. The third-order valence-corrected chi connectivity index (χ3v) is 3.41. The summed E-state index contributed by atoms with van der Waals surface area (Å²) in [5, 5.41) is 5.24. The molecule has 0 aliphatic rings. The lowest BCUT2D eigenvalue weighted by atomic mass is 10.3. The summed E-state index contributed by atoms with van der Waals surface area (Å²) in [4.78, 5) is 20.5. The summed E-state index contributed by atoms with van der Waals surface area (Å²) in [6.45, 7) is 2.03. The zero-order valence-corrected chi connectivity index (χ0v) is 10.9. The Morgan fingerprint density at radius 3 is 3.00 bits per heavy atom. The van der Waals surface area contributed by atoms with Gasteiger partial charge >= 0.3 is 5.97 Å². The van der Waals surface area contributed by atoms with Crippen molar-refractivity contribution in [3.8, 4) is 0 Å². The molecule has 0 bridgehead atoms. The first-order valence-corrected chi connectivity index (χ1v) is 6.30. The first-order chi connectivity index (χ1) is 8.70. The highest BCUT2D eigenvalue weighted by Crippen LogP contribution is 2.21. The second kappa shape index (κ2) is 5.59. The van der Waals surface area contributed by atoms with E-state index in [9.17, 15) is 4.79 Å². The minimum atomic E-state index is -0.539. The number of aromatic nitrogens is 2. The molecule has 94 valence electrons. The molecule has 2 heterocycles. The highest BCUT2D eigenvalue weighted by molar-refractivity contribution is 7.10. The summed E-state index contributed by atoms with van der Waals surface area (Å²) in [5.74, 6) is 0.120. The largest absolute Gasteiger partial charge is 0.463 e. The Hall–Kier alpha value is -1.95. The predicted molar refractivity (Wildman–Crippen MR) is 69.7 cm³/mol. The summed E-state index contributed by atoms with van der Waals surface area (Å²) in [6.07, 6.45) is 1.53. The molecule has 5 nitrogen and oxygen atoms in total. The van der Waals surface area contributed by atoms with Crippen molar-refractivity contribution in [1.82, 2.24) is 9.97 Å². The molecular formula is C12H13N3O2S. The topological polar surface area (TPSA) is 64.1 Å². The van der Waals surface area contributed by atoms with Crippen molar-refractivity contribution in [2.45, 2.75) is 13.0 Å². The van der Waals surface area contributed by atoms with E-state index >= 15 is 0 Å². The lowest BCUT2D eigenvalue weighted by molar-refractivity contribution is 0.0587. The van der Waals surface area contributed by atoms with Crippen LogP contribution >= 0.6 is 11.3 Å². The van der Waals surface area contributed by atoms with Gasteiger partial charge in [0.1, 0.15) is 5.82 Å². The molecule has 0 saturated carbocycles. The fraction of sp³-hybridized carbons (Fsp3) is 0.250. The first-order valence-electron chi connectivity index (χ1n) is 5.42. The van der Waals surface area contributed by atoms with Crippen molar-refractivity contribution in [3.05, 3.63) is 40.5 Å². The molecule has 0 spiro atoms. The smallest absolute Gasteiger partial charge is 0.376 e. The van der Waals surface area contributed by atoms with E-state index in [2.05, 4.69) is 20.0 Å². The molecule has 18 heavy (non-hydrogen) atoms. The number of ether oxygens (including phenoxy) is 1.